The van der Waals surface area contributed by atoms with Crippen LogP contribution in [0.5, 0.6) is 0 Å². The molecule has 1 saturated heterocycles. The van der Waals surface area contributed by atoms with Gasteiger partial charge in [0.05, 0.1) is 11.8 Å². The molecule has 1 aliphatic heterocycles. The fourth-order valence-electron chi connectivity index (χ4n) is 3.16. The van der Waals surface area contributed by atoms with Crippen molar-refractivity contribution in [1.29, 1.82) is 0 Å². The first-order chi connectivity index (χ1) is 13.8. The third-order valence-electron chi connectivity index (χ3n) is 4.60. The summed E-state index contributed by atoms with van der Waals surface area (Å²) >= 11 is 3.29. The van der Waals surface area contributed by atoms with E-state index in [2.05, 4.69) is 31.3 Å². The van der Waals surface area contributed by atoms with Gasteiger partial charge in [0.1, 0.15) is 0 Å². The molecule has 1 aromatic carbocycles. The molecule has 0 saturated carbocycles. The van der Waals surface area contributed by atoms with Crippen molar-refractivity contribution in [2.45, 2.75) is 25.1 Å². The number of halogens is 4. The van der Waals surface area contributed by atoms with E-state index >= 15 is 0 Å². The molecule has 1 unspecified atom stereocenters. The number of nitrogens with one attached hydrogen (secondary N) is 1. The van der Waals surface area contributed by atoms with Crippen molar-refractivity contribution in [2.75, 3.05) is 13.2 Å². The minimum absolute atomic E-state index is 0.0555. The molecule has 0 aliphatic carbocycles. The van der Waals surface area contributed by atoms with Crippen molar-refractivity contribution in [3.8, 4) is 11.3 Å². The van der Waals surface area contributed by atoms with E-state index in [-0.39, 0.29) is 29.7 Å². The number of carbonyl (C=O) groups is 1. The Kier molecular flexibility index (Phi) is 5.30. The minimum atomic E-state index is -4.66. The van der Waals surface area contributed by atoms with E-state index in [9.17, 15) is 18.0 Å². The molecule has 29 heavy (non-hydrogen) atoms. The van der Waals surface area contributed by atoms with Crippen LogP contribution in [0.2, 0.25) is 0 Å². The molecule has 0 spiro atoms. The first-order valence-electron chi connectivity index (χ1n) is 8.95. The summed E-state index contributed by atoms with van der Waals surface area (Å²) in [5.41, 5.74) is -0.525. The molecule has 2 aromatic heterocycles. The van der Waals surface area contributed by atoms with Crippen LogP contribution in [-0.2, 0) is 10.9 Å². The fourth-order valence-corrected chi connectivity index (χ4v) is 3.42. The summed E-state index contributed by atoms with van der Waals surface area (Å²) in [5.74, 6) is -0.565. The molecule has 152 valence electrons. The van der Waals surface area contributed by atoms with Crippen molar-refractivity contribution in [3.05, 3.63) is 52.3 Å². The smallest absolute Gasteiger partial charge is 0.376 e. The van der Waals surface area contributed by atoms with Crippen LogP contribution >= 0.6 is 15.9 Å². The Morgan fingerprint density at radius 1 is 1.28 bits per heavy atom. The van der Waals surface area contributed by atoms with Crippen LogP contribution in [0.3, 0.4) is 0 Å². The topological polar surface area (TPSA) is 68.5 Å². The van der Waals surface area contributed by atoms with E-state index in [1.807, 2.05) is 0 Å². The number of fused-ring (bicyclic) bond motifs is 1. The number of ether oxygens (including phenoxy) is 1. The van der Waals surface area contributed by atoms with Crippen LogP contribution in [0.4, 0.5) is 13.2 Å². The highest BCUT2D eigenvalue weighted by atomic mass is 79.9. The second-order valence-electron chi connectivity index (χ2n) is 6.68. The van der Waals surface area contributed by atoms with Crippen molar-refractivity contribution in [2.24, 2.45) is 0 Å². The Labute approximate surface area is 172 Å². The Balaban J connectivity index is 1.70. The Morgan fingerprint density at radius 3 is 2.69 bits per heavy atom. The molecule has 10 heteroatoms. The number of carbonyl (C=O) groups excluding carboxylic acids is 1. The standard InChI is InChI=1S/C19H16BrF3N4O2/c20-12-5-3-11(4-6-12)14-8-16(19(21,22)23)27-17(25-14)9-15(26-27)18(28)24-10-13-2-1-7-29-13/h3-6,8-9,13H,1-2,7,10H2,(H,24,28). The van der Waals surface area contributed by atoms with Crippen LogP contribution in [0.25, 0.3) is 16.9 Å². The summed E-state index contributed by atoms with van der Waals surface area (Å²) in [6, 6.07) is 8.94. The highest BCUT2D eigenvalue weighted by Gasteiger charge is 2.35. The number of nitrogens with zero attached hydrogens (tertiary/aromatic N) is 3. The summed E-state index contributed by atoms with van der Waals surface area (Å²) in [5, 5.41) is 6.51. The van der Waals surface area contributed by atoms with Gasteiger partial charge in [-0.25, -0.2) is 9.50 Å². The van der Waals surface area contributed by atoms with Gasteiger partial charge in [-0.1, -0.05) is 28.1 Å². The highest BCUT2D eigenvalue weighted by molar-refractivity contribution is 9.10. The summed E-state index contributed by atoms with van der Waals surface area (Å²) in [4.78, 5) is 16.6. The van der Waals surface area contributed by atoms with Gasteiger partial charge in [0, 0.05) is 29.3 Å². The van der Waals surface area contributed by atoms with E-state index in [1.54, 1.807) is 24.3 Å². The SMILES string of the molecule is O=C(NCC1CCCO1)c1cc2nc(-c3ccc(Br)cc3)cc(C(F)(F)F)n2n1. The third kappa shape index (κ3) is 4.27. The average molecular weight is 469 g/mol. The van der Waals surface area contributed by atoms with Crippen molar-refractivity contribution in [1.82, 2.24) is 19.9 Å². The van der Waals surface area contributed by atoms with Crippen LogP contribution in [0.15, 0.2) is 40.9 Å². The molecule has 1 atom stereocenters. The first-order valence-corrected chi connectivity index (χ1v) is 9.74. The molecule has 6 nitrogen and oxygen atoms in total. The average Bonchev–Trinajstić information content (AvgIpc) is 3.34. The van der Waals surface area contributed by atoms with Gasteiger partial charge in [-0.15, -0.1) is 0 Å². The second kappa shape index (κ2) is 7.75. The van der Waals surface area contributed by atoms with E-state index in [0.717, 1.165) is 23.4 Å². The molecule has 1 amide bonds. The molecule has 3 heterocycles. The Bertz CT molecular complexity index is 1040. The monoisotopic (exact) mass is 468 g/mol. The highest BCUT2D eigenvalue weighted by Crippen LogP contribution is 2.32. The molecule has 1 N–H and O–H groups in total. The maximum Gasteiger partial charge on any atom is 0.433 e. The number of amides is 1. The lowest BCUT2D eigenvalue weighted by Crippen LogP contribution is -2.32. The van der Waals surface area contributed by atoms with E-state index in [0.29, 0.717) is 16.7 Å². The minimum Gasteiger partial charge on any atom is -0.376 e. The molecule has 1 fully saturated rings. The predicted octanol–water partition coefficient (Wildman–Crippen LogP) is 4.09. The largest absolute Gasteiger partial charge is 0.433 e. The van der Waals surface area contributed by atoms with Gasteiger partial charge < -0.3 is 10.1 Å². The number of alkyl halides is 3. The third-order valence-corrected chi connectivity index (χ3v) is 5.13. The second-order valence-corrected chi connectivity index (χ2v) is 7.59. The van der Waals surface area contributed by atoms with Gasteiger partial charge in [-0.2, -0.15) is 18.3 Å². The van der Waals surface area contributed by atoms with Crippen LogP contribution in [0.1, 0.15) is 29.0 Å². The van der Waals surface area contributed by atoms with Crippen molar-refractivity contribution < 1.29 is 22.7 Å². The van der Waals surface area contributed by atoms with Gasteiger partial charge in [-0.3, -0.25) is 4.79 Å². The lowest BCUT2D eigenvalue weighted by molar-refractivity contribution is -0.142. The Hall–Kier alpha value is -2.46. The first kappa shape index (κ1) is 19.8. The maximum absolute atomic E-state index is 13.6. The zero-order valence-corrected chi connectivity index (χ0v) is 16.6. The number of hydrogen-bond acceptors (Lipinski definition) is 4. The summed E-state index contributed by atoms with van der Waals surface area (Å²) in [7, 11) is 0. The number of benzene rings is 1. The molecular formula is C19H16BrF3N4O2. The van der Waals surface area contributed by atoms with Crippen LogP contribution < -0.4 is 5.32 Å². The van der Waals surface area contributed by atoms with Gasteiger partial charge in [-0.05, 0) is 31.0 Å². The number of hydrogen-bond donors (Lipinski definition) is 1. The normalized spacial score (nSPS) is 17.0. The summed E-state index contributed by atoms with van der Waals surface area (Å²) in [6.07, 6.45) is -2.99. The van der Waals surface area contributed by atoms with Crippen molar-refractivity contribution in [3.63, 3.8) is 0 Å². The number of rotatable bonds is 4. The van der Waals surface area contributed by atoms with Gasteiger partial charge >= 0.3 is 6.18 Å². The molecule has 0 radical (unpaired) electrons. The number of aromatic nitrogens is 3. The lowest BCUT2D eigenvalue weighted by Gasteiger charge is -2.11. The molecular weight excluding hydrogens is 453 g/mol. The molecule has 0 bridgehead atoms. The summed E-state index contributed by atoms with van der Waals surface area (Å²) < 4.78 is 47.8. The van der Waals surface area contributed by atoms with E-state index in [1.165, 1.54) is 6.07 Å². The Morgan fingerprint density at radius 2 is 2.03 bits per heavy atom. The zero-order chi connectivity index (χ0) is 20.6. The van der Waals surface area contributed by atoms with Gasteiger partial charge in [0.15, 0.2) is 17.0 Å². The quantitative estimate of drug-likeness (QED) is 0.626. The van der Waals surface area contributed by atoms with Crippen LogP contribution in [0, 0.1) is 0 Å². The predicted molar refractivity (Wildman–Crippen MR) is 102 cm³/mol. The van der Waals surface area contributed by atoms with Crippen molar-refractivity contribution >= 4 is 27.5 Å². The van der Waals surface area contributed by atoms with Gasteiger partial charge in [0.25, 0.3) is 5.91 Å². The van der Waals surface area contributed by atoms with Crippen LogP contribution in [-0.4, -0.2) is 39.8 Å². The molecule has 3 aromatic rings. The lowest BCUT2D eigenvalue weighted by atomic mass is 10.1. The summed E-state index contributed by atoms with van der Waals surface area (Å²) in [6.45, 7) is 0.934. The van der Waals surface area contributed by atoms with E-state index < -0.39 is 17.8 Å². The fraction of sp³-hybridized carbons (Fsp3) is 0.316. The van der Waals surface area contributed by atoms with Gasteiger partial charge in [0.2, 0.25) is 0 Å². The molecule has 1 aliphatic rings. The maximum atomic E-state index is 13.6. The molecule has 4 rings (SSSR count). The van der Waals surface area contributed by atoms with E-state index in [4.69, 9.17) is 4.74 Å². The zero-order valence-electron chi connectivity index (χ0n) is 15.0.